The highest BCUT2D eigenvalue weighted by Gasteiger charge is 2.29. The van der Waals surface area contributed by atoms with Gasteiger partial charge in [0.05, 0.1) is 16.0 Å². The number of carbonyl (C=O) groups excluding carboxylic acids is 1. The standard InChI is InChI=1S/C16H20BrClFNO3/c1-16(2,3)23-15(21)20-6-4-5-10(9-20)22-14-7-11(17)13(19)8-12(14)18/h7-8,10H,4-6,9H2,1-3H3/t10-/m1/s1. The number of amides is 1. The number of rotatable bonds is 2. The molecule has 0 spiro atoms. The molecule has 0 bridgehead atoms. The van der Waals surface area contributed by atoms with Crippen LogP contribution in [-0.4, -0.2) is 35.8 Å². The summed E-state index contributed by atoms with van der Waals surface area (Å²) in [6, 6.07) is 2.71. The molecule has 1 aliphatic heterocycles. The maximum atomic E-state index is 13.4. The van der Waals surface area contributed by atoms with Crippen molar-refractivity contribution in [3.8, 4) is 5.75 Å². The Kier molecular flexibility index (Phi) is 5.79. The molecule has 128 valence electrons. The lowest BCUT2D eigenvalue weighted by atomic mass is 10.1. The van der Waals surface area contributed by atoms with E-state index in [1.165, 1.54) is 12.1 Å². The van der Waals surface area contributed by atoms with Crippen molar-refractivity contribution in [1.82, 2.24) is 4.90 Å². The van der Waals surface area contributed by atoms with E-state index in [1.54, 1.807) is 4.90 Å². The van der Waals surface area contributed by atoms with Crippen molar-refractivity contribution in [2.45, 2.75) is 45.3 Å². The Balaban J connectivity index is 2.02. The van der Waals surface area contributed by atoms with Gasteiger partial charge >= 0.3 is 6.09 Å². The van der Waals surface area contributed by atoms with Crippen LogP contribution in [0.15, 0.2) is 16.6 Å². The second-order valence-corrected chi connectivity index (χ2v) is 7.77. The van der Waals surface area contributed by atoms with Gasteiger partial charge < -0.3 is 14.4 Å². The molecule has 0 saturated carbocycles. The zero-order chi connectivity index (χ0) is 17.2. The topological polar surface area (TPSA) is 38.8 Å². The van der Waals surface area contributed by atoms with E-state index in [2.05, 4.69) is 15.9 Å². The van der Waals surface area contributed by atoms with Gasteiger partial charge in [0, 0.05) is 6.54 Å². The molecular weight excluding hydrogens is 389 g/mol. The summed E-state index contributed by atoms with van der Waals surface area (Å²) in [5.74, 6) is -0.0441. The Hall–Kier alpha value is -1.01. The monoisotopic (exact) mass is 407 g/mol. The lowest BCUT2D eigenvalue weighted by Crippen LogP contribution is -2.46. The van der Waals surface area contributed by atoms with E-state index in [-0.39, 0.29) is 21.7 Å². The number of hydrogen-bond donors (Lipinski definition) is 0. The number of piperidine rings is 1. The lowest BCUT2D eigenvalue weighted by Gasteiger charge is -2.34. The zero-order valence-electron chi connectivity index (χ0n) is 13.4. The molecule has 0 aliphatic carbocycles. The molecule has 1 aromatic carbocycles. The number of halogens is 3. The van der Waals surface area contributed by atoms with E-state index in [0.29, 0.717) is 18.8 Å². The van der Waals surface area contributed by atoms with Gasteiger partial charge in [-0.15, -0.1) is 0 Å². The van der Waals surface area contributed by atoms with Crippen LogP contribution in [0.2, 0.25) is 5.02 Å². The fourth-order valence-electron chi connectivity index (χ4n) is 2.30. The fourth-order valence-corrected chi connectivity index (χ4v) is 2.82. The largest absolute Gasteiger partial charge is 0.487 e. The molecule has 1 aromatic rings. The van der Waals surface area contributed by atoms with E-state index in [9.17, 15) is 9.18 Å². The lowest BCUT2D eigenvalue weighted by molar-refractivity contribution is 0.00776. The van der Waals surface area contributed by atoms with Crippen LogP contribution < -0.4 is 4.74 Å². The molecule has 1 amide bonds. The first-order valence-electron chi connectivity index (χ1n) is 7.45. The Morgan fingerprint density at radius 1 is 1.43 bits per heavy atom. The summed E-state index contributed by atoms with van der Waals surface area (Å²) in [4.78, 5) is 13.8. The van der Waals surface area contributed by atoms with E-state index < -0.39 is 11.4 Å². The molecule has 1 saturated heterocycles. The van der Waals surface area contributed by atoms with E-state index in [0.717, 1.165) is 12.8 Å². The summed E-state index contributed by atoms with van der Waals surface area (Å²) in [7, 11) is 0. The molecular formula is C16H20BrClFNO3. The van der Waals surface area contributed by atoms with Gasteiger partial charge in [-0.2, -0.15) is 0 Å². The van der Waals surface area contributed by atoms with Gasteiger partial charge in [0.15, 0.2) is 0 Å². The maximum absolute atomic E-state index is 13.4. The van der Waals surface area contributed by atoms with Crippen molar-refractivity contribution in [2.75, 3.05) is 13.1 Å². The van der Waals surface area contributed by atoms with E-state index in [1.807, 2.05) is 20.8 Å². The minimum absolute atomic E-state index is 0.203. The van der Waals surface area contributed by atoms with Crippen LogP contribution in [0.3, 0.4) is 0 Å². The van der Waals surface area contributed by atoms with Gasteiger partial charge in [0.25, 0.3) is 0 Å². The summed E-state index contributed by atoms with van der Waals surface area (Å²) in [6.45, 7) is 6.55. The Labute approximate surface area is 149 Å². The minimum Gasteiger partial charge on any atom is -0.487 e. The summed E-state index contributed by atoms with van der Waals surface area (Å²) >= 11 is 9.13. The van der Waals surface area contributed by atoms with E-state index in [4.69, 9.17) is 21.1 Å². The van der Waals surface area contributed by atoms with Crippen LogP contribution in [0.5, 0.6) is 5.75 Å². The number of carbonyl (C=O) groups is 1. The normalized spacial score (nSPS) is 18.7. The Morgan fingerprint density at radius 2 is 2.13 bits per heavy atom. The SMILES string of the molecule is CC(C)(C)OC(=O)N1CCC[C@@H](Oc2cc(Br)c(F)cc2Cl)C1. The number of nitrogens with zero attached hydrogens (tertiary/aromatic N) is 1. The van der Waals surface area contributed by atoms with Crippen molar-refractivity contribution in [3.05, 3.63) is 27.4 Å². The molecule has 0 radical (unpaired) electrons. The summed E-state index contributed by atoms with van der Waals surface area (Å²) in [5.41, 5.74) is -0.532. The van der Waals surface area contributed by atoms with Gasteiger partial charge in [-0.05, 0) is 61.7 Å². The Bertz CT molecular complexity index is 591. The molecule has 0 aromatic heterocycles. The average Bonchev–Trinajstić information content (AvgIpc) is 2.43. The molecule has 2 rings (SSSR count). The van der Waals surface area contributed by atoms with Gasteiger partial charge in [-0.1, -0.05) is 11.6 Å². The molecule has 1 fully saturated rings. The maximum Gasteiger partial charge on any atom is 0.410 e. The van der Waals surface area contributed by atoms with Crippen molar-refractivity contribution in [2.24, 2.45) is 0 Å². The molecule has 1 atom stereocenters. The second-order valence-electron chi connectivity index (χ2n) is 6.51. The van der Waals surface area contributed by atoms with Gasteiger partial charge in [0.2, 0.25) is 0 Å². The molecule has 23 heavy (non-hydrogen) atoms. The summed E-state index contributed by atoms with van der Waals surface area (Å²) in [6.07, 6.45) is 1.05. The molecule has 0 unspecified atom stereocenters. The molecule has 1 heterocycles. The highest BCUT2D eigenvalue weighted by molar-refractivity contribution is 9.10. The van der Waals surface area contributed by atoms with Crippen LogP contribution in [0.1, 0.15) is 33.6 Å². The number of benzene rings is 1. The first-order valence-corrected chi connectivity index (χ1v) is 8.62. The molecule has 0 N–H and O–H groups in total. The molecule has 7 heteroatoms. The minimum atomic E-state index is -0.532. The number of likely N-dealkylation sites (tertiary alicyclic amines) is 1. The van der Waals surface area contributed by atoms with Gasteiger partial charge in [0.1, 0.15) is 23.3 Å². The van der Waals surface area contributed by atoms with E-state index >= 15 is 0 Å². The zero-order valence-corrected chi connectivity index (χ0v) is 15.7. The van der Waals surface area contributed by atoms with Gasteiger partial charge in [-0.25, -0.2) is 9.18 Å². The van der Waals surface area contributed by atoms with Crippen molar-refractivity contribution in [1.29, 1.82) is 0 Å². The fraction of sp³-hybridized carbons (Fsp3) is 0.562. The predicted molar refractivity (Wildman–Crippen MR) is 90.6 cm³/mol. The third-order valence-electron chi connectivity index (χ3n) is 3.30. The first-order chi connectivity index (χ1) is 10.7. The summed E-state index contributed by atoms with van der Waals surface area (Å²) < 4.78 is 24.9. The quantitative estimate of drug-likeness (QED) is 0.645. The predicted octanol–water partition coefficient (Wildman–Crippen LogP) is 5.02. The highest BCUT2D eigenvalue weighted by Crippen LogP contribution is 2.32. The third kappa shape index (κ3) is 5.24. The van der Waals surface area contributed by atoms with Crippen molar-refractivity contribution < 1.29 is 18.7 Å². The molecule has 1 aliphatic rings. The van der Waals surface area contributed by atoms with Crippen molar-refractivity contribution >= 4 is 33.6 Å². The number of hydrogen-bond acceptors (Lipinski definition) is 3. The van der Waals surface area contributed by atoms with Gasteiger partial charge in [-0.3, -0.25) is 0 Å². The molecule has 4 nitrogen and oxygen atoms in total. The number of ether oxygens (including phenoxy) is 2. The first kappa shape index (κ1) is 18.3. The van der Waals surface area contributed by atoms with Crippen LogP contribution in [0.25, 0.3) is 0 Å². The van der Waals surface area contributed by atoms with Crippen LogP contribution >= 0.6 is 27.5 Å². The summed E-state index contributed by atoms with van der Waals surface area (Å²) in [5, 5.41) is 0.208. The van der Waals surface area contributed by atoms with Crippen LogP contribution in [0, 0.1) is 5.82 Å². The van der Waals surface area contributed by atoms with Crippen LogP contribution in [-0.2, 0) is 4.74 Å². The van der Waals surface area contributed by atoms with Crippen LogP contribution in [0.4, 0.5) is 9.18 Å². The second kappa shape index (κ2) is 7.26. The Morgan fingerprint density at radius 3 is 2.78 bits per heavy atom. The smallest absolute Gasteiger partial charge is 0.410 e. The third-order valence-corrected chi connectivity index (χ3v) is 4.20. The van der Waals surface area contributed by atoms with Crippen molar-refractivity contribution in [3.63, 3.8) is 0 Å². The average molecular weight is 409 g/mol. The highest BCUT2D eigenvalue weighted by atomic mass is 79.9.